The third kappa shape index (κ3) is 1.41. The van der Waals surface area contributed by atoms with Crippen LogP contribution in [0.4, 0.5) is 4.39 Å². The molecule has 0 radical (unpaired) electrons. The smallest absolute Gasteiger partial charge is 0.132 e. The van der Waals surface area contributed by atoms with Gasteiger partial charge < -0.3 is 0 Å². The molecule has 0 unspecified atom stereocenters. The minimum atomic E-state index is -0.680. The molecule has 1 fully saturated rings. The van der Waals surface area contributed by atoms with E-state index in [9.17, 15) is 9.65 Å². The van der Waals surface area contributed by atoms with Crippen LogP contribution in [0.5, 0.6) is 0 Å². The molecule has 2 bridgehead atoms. The van der Waals surface area contributed by atoms with E-state index < -0.39 is 5.41 Å². The Labute approximate surface area is 121 Å². The monoisotopic (exact) mass is 277 g/mol. The van der Waals surface area contributed by atoms with Crippen molar-refractivity contribution in [3.63, 3.8) is 0 Å². The minimum absolute atomic E-state index is 0.153. The molecule has 0 aliphatic heterocycles. The van der Waals surface area contributed by atoms with E-state index in [0.29, 0.717) is 17.0 Å². The fraction of sp³-hybridized carbons (Fsp3) is 0.235. The van der Waals surface area contributed by atoms with Gasteiger partial charge in [-0.05, 0) is 42.2 Å². The van der Waals surface area contributed by atoms with E-state index in [1.54, 1.807) is 18.2 Å². The van der Waals surface area contributed by atoms with E-state index in [0.717, 1.165) is 24.0 Å². The highest BCUT2D eigenvalue weighted by Gasteiger charge is 2.54. The van der Waals surface area contributed by atoms with Crippen molar-refractivity contribution in [1.29, 1.82) is 5.26 Å². The molecule has 2 aliphatic rings. The summed E-state index contributed by atoms with van der Waals surface area (Å²) in [6.45, 7) is 4.09. The Morgan fingerprint density at radius 3 is 2.90 bits per heavy atom. The van der Waals surface area contributed by atoms with Crippen molar-refractivity contribution >= 4 is 0 Å². The van der Waals surface area contributed by atoms with Crippen molar-refractivity contribution in [3.8, 4) is 17.3 Å². The molecule has 1 heterocycles. The number of hydrogen-bond acceptors (Lipinski definition) is 3. The van der Waals surface area contributed by atoms with Crippen LogP contribution < -0.4 is 0 Å². The summed E-state index contributed by atoms with van der Waals surface area (Å²) in [5.74, 6) is -0.163. The molecule has 0 spiro atoms. The lowest BCUT2D eigenvalue weighted by atomic mass is 9.83. The summed E-state index contributed by atoms with van der Waals surface area (Å²) in [6, 6.07) is 10.8. The fourth-order valence-electron chi connectivity index (χ4n) is 3.59. The number of rotatable bonds is 1. The summed E-state index contributed by atoms with van der Waals surface area (Å²) in [6.07, 6.45) is 1.66. The molecule has 4 heteroatoms. The number of hydrogen-bond donors (Lipinski definition) is 0. The maximum atomic E-state index is 13.9. The summed E-state index contributed by atoms with van der Waals surface area (Å²) in [5.41, 5.74) is 2.89. The molecule has 0 N–H and O–H groups in total. The van der Waals surface area contributed by atoms with Gasteiger partial charge in [0.25, 0.3) is 0 Å². The van der Waals surface area contributed by atoms with Crippen LogP contribution in [0.1, 0.15) is 30.0 Å². The van der Waals surface area contributed by atoms with Gasteiger partial charge in [-0.15, -0.1) is 0 Å². The zero-order valence-corrected chi connectivity index (χ0v) is 11.3. The lowest BCUT2D eigenvalue weighted by Crippen LogP contribution is -2.22. The number of allylic oxidation sites excluding steroid dienone is 1. The Kier molecular flexibility index (Phi) is 2.32. The van der Waals surface area contributed by atoms with E-state index in [1.807, 2.05) is 6.07 Å². The van der Waals surface area contributed by atoms with Crippen molar-refractivity contribution in [2.45, 2.75) is 24.2 Å². The lowest BCUT2D eigenvalue weighted by Gasteiger charge is -2.19. The van der Waals surface area contributed by atoms with Gasteiger partial charge in [0.05, 0.1) is 17.5 Å². The summed E-state index contributed by atoms with van der Waals surface area (Å²) >= 11 is 0. The third-order valence-electron chi connectivity index (χ3n) is 4.72. The Morgan fingerprint density at radius 1 is 1.33 bits per heavy atom. The van der Waals surface area contributed by atoms with E-state index in [1.165, 1.54) is 6.07 Å². The maximum absolute atomic E-state index is 13.9. The summed E-state index contributed by atoms with van der Waals surface area (Å²) < 4.78 is 13.9. The van der Waals surface area contributed by atoms with Crippen LogP contribution in [-0.4, -0.2) is 10.2 Å². The number of nitriles is 1. The van der Waals surface area contributed by atoms with Crippen LogP contribution in [0.25, 0.3) is 11.3 Å². The van der Waals surface area contributed by atoms with Crippen molar-refractivity contribution in [2.24, 2.45) is 0 Å². The standard InChI is InChI=1S/C17H12FN3/c1-10-11-6-7-17(10,9-19)16-13(11)8-15(20-21-16)12-4-2-3-5-14(12)18/h2-5,8,11H,1,6-7H2/t11-,17-/m0/s1. The lowest BCUT2D eigenvalue weighted by molar-refractivity contribution is 0.598. The first-order chi connectivity index (χ1) is 10.2. The highest BCUT2D eigenvalue weighted by Crippen LogP contribution is 2.59. The number of fused-ring (bicyclic) bond motifs is 5. The molecule has 21 heavy (non-hydrogen) atoms. The van der Waals surface area contributed by atoms with Gasteiger partial charge in [0.15, 0.2) is 0 Å². The second-order valence-electron chi connectivity index (χ2n) is 5.65. The summed E-state index contributed by atoms with van der Waals surface area (Å²) in [7, 11) is 0. The van der Waals surface area contributed by atoms with Crippen LogP contribution in [0.2, 0.25) is 0 Å². The maximum Gasteiger partial charge on any atom is 0.132 e. The molecule has 0 amide bonds. The highest BCUT2D eigenvalue weighted by atomic mass is 19.1. The fourth-order valence-corrected chi connectivity index (χ4v) is 3.59. The second-order valence-corrected chi connectivity index (χ2v) is 5.65. The highest BCUT2D eigenvalue weighted by molar-refractivity contribution is 5.65. The first-order valence-electron chi connectivity index (χ1n) is 6.91. The van der Waals surface area contributed by atoms with Crippen LogP contribution in [0, 0.1) is 17.1 Å². The zero-order valence-electron chi connectivity index (χ0n) is 11.3. The second kappa shape index (κ2) is 3.98. The van der Waals surface area contributed by atoms with Gasteiger partial charge in [0, 0.05) is 11.5 Å². The minimum Gasteiger partial charge on any atom is -0.206 e. The van der Waals surface area contributed by atoms with Gasteiger partial charge in [0.1, 0.15) is 11.2 Å². The van der Waals surface area contributed by atoms with Gasteiger partial charge in [-0.2, -0.15) is 15.5 Å². The number of benzene rings is 1. The first-order valence-corrected chi connectivity index (χ1v) is 6.91. The average Bonchev–Trinajstić information content (AvgIpc) is 2.96. The van der Waals surface area contributed by atoms with Crippen molar-refractivity contribution < 1.29 is 4.39 Å². The molecule has 0 saturated heterocycles. The quantitative estimate of drug-likeness (QED) is 0.750. The Bertz CT molecular complexity index is 821. The number of nitrogens with zero attached hydrogens (tertiary/aromatic N) is 3. The van der Waals surface area contributed by atoms with E-state index in [4.69, 9.17) is 0 Å². The Balaban J connectivity index is 1.91. The Morgan fingerprint density at radius 2 is 2.14 bits per heavy atom. The van der Waals surface area contributed by atoms with Crippen molar-refractivity contribution in [1.82, 2.24) is 10.2 Å². The van der Waals surface area contributed by atoms with Crippen molar-refractivity contribution in [2.75, 3.05) is 0 Å². The van der Waals surface area contributed by atoms with Crippen molar-refractivity contribution in [3.05, 3.63) is 59.6 Å². The van der Waals surface area contributed by atoms with Crippen LogP contribution in [0.15, 0.2) is 42.5 Å². The molecule has 2 aliphatic carbocycles. The normalized spacial score (nSPS) is 25.7. The molecular formula is C17H12FN3. The zero-order chi connectivity index (χ0) is 14.6. The number of aromatic nitrogens is 2. The first kappa shape index (κ1) is 12.2. The topological polar surface area (TPSA) is 49.6 Å². The molecule has 1 saturated carbocycles. The van der Waals surface area contributed by atoms with Crippen LogP contribution in [-0.2, 0) is 5.41 Å². The van der Waals surface area contributed by atoms with Crippen LogP contribution in [0.3, 0.4) is 0 Å². The molecule has 1 aromatic heterocycles. The predicted molar refractivity (Wildman–Crippen MR) is 75.8 cm³/mol. The molecule has 102 valence electrons. The van der Waals surface area contributed by atoms with Crippen LogP contribution >= 0.6 is 0 Å². The van der Waals surface area contributed by atoms with Gasteiger partial charge in [-0.1, -0.05) is 18.7 Å². The third-order valence-corrected chi connectivity index (χ3v) is 4.72. The largest absolute Gasteiger partial charge is 0.206 e. The van der Waals surface area contributed by atoms with E-state index in [-0.39, 0.29) is 11.7 Å². The molecule has 2 atom stereocenters. The van der Waals surface area contributed by atoms with Gasteiger partial charge in [-0.3, -0.25) is 0 Å². The van der Waals surface area contributed by atoms with E-state index >= 15 is 0 Å². The molecule has 3 nitrogen and oxygen atoms in total. The average molecular weight is 277 g/mol. The van der Waals surface area contributed by atoms with E-state index in [2.05, 4.69) is 22.8 Å². The van der Waals surface area contributed by atoms with Gasteiger partial charge >= 0.3 is 0 Å². The summed E-state index contributed by atoms with van der Waals surface area (Å²) in [5, 5.41) is 18.0. The Hall–Kier alpha value is -2.54. The van der Waals surface area contributed by atoms with Gasteiger partial charge in [-0.25, -0.2) is 4.39 Å². The molecule has 2 aromatic rings. The molecule has 4 rings (SSSR count). The molecule has 1 aromatic carbocycles. The number of halogens is 1. The molecular weight excluding hydrogens is 265 g/mol. The summed E-state index contributed by atoms with van der Waals surface area (Å²) in [4.78, 5) is 0. The SMILES string of the molecule is C=C1[C@@H]2CC[C@@]1(C#N)c1nnc(-c3ccccc3F)cc12. The van der Waals surface area contributed by atoms with Gasteiger partial charge in [0.2, 0.25) is 0 Å². The predicted octanol–water partition coefficient (Wildman–Crippen LogP) is 3.49.